The lowest BCUT2D eigenvalue weighted by Gasteiger charge is -2.13. The highest BCUT2D eigenvalue weighted by molar-refractivity contribution is 5.94. The maximum atomic E-state index is 13.7. The van der Waals surface area contributed by atoms with Crippen LogP contribution in [0.5, 0.6) is 0 Å². The summed E-state index contributed by atoms with van der Waals surface area (Å²) in [6.07, 6.45) is 1.46. The van der Waals surface area contributed by atoms with Gasteiger partial charge in [0.1, 0.15) is 5.82 Å². The Labute approximate surface area is 172 Å². The number of hydrogen-bond acceptors (Lipinski definition) is 2. The SMILES string of the molecule is CCNC(=NCc1cccc(C(=O)NC(C)CC)c1)NCCc1ccccc1F. The van der Waals surface area contributed by atoms with Crippen molar-refractivity contribution in [2.45, 2.75) is 46.2 Å². The van der Waals surface area contributed by atoms with Crippen molar-refractivity contribution in [3.8, 4) is 0 Å². The van der Waals surface area contributed by atoms with Crippen molar-refractivity contribution in [1.29, 1.82) is 0 Å². The van der Waals surface area contributed by atoms with E-state index >= 15 is 0 Å². The molecule has 0 aliphatic heterocycles. The highest BCUT2D eigenvalue weighted by Gasteiger charge is 2.09. The van der Waals surface area contributed by atoms with Crippen LogP contribution in [0.15, 0.2) is 53.5 Å². The second-order valence-corrected chi connectivity index (χ2v) is 6.95. The van der Waals surface area contributed by atoms with E-state index in [-0.39, 0.29) is 17.8 Å². The van der Waals surface area contributed by atoms with E-state index < -0.39 is 0 Å². The minimum absolute atomic E-state index is 0.0694. The molecule has 1 atom stereocenters. The van der Waals surface area contributed by atoms with Gasteiger partial charge in [-0.15, -0.1) is 0 Å². The topological polar surface area (TPSA) is 65.5 Å². The van der Waals surface area contributed by atoms with Crippen LogP contribution in [0.3, 0.4) is 0 Å². The molecule has 0 fully saturated rings. The van der Waals surface area contributed by atoms with Crippen LogP contribution in [0.4, 0.5) is 4.39 Å². The Balaban J connectivity index is 1.96. The van der Waals surface area contributed by atoms with Crippen molar-refractivity contribution < 1.29 is 9.18 Å². The molecule has 0 aromatic heterocycles. The van der Waals surface area contributed by atoms with E-state index in [4.69, 9.17) is 0 Å². The highest BCUT2D eigenvalue weighted by atomic mass is 19.1. The van der Waals surface area contributed by atoms with Crippen LogP contribution in [0.1, 0.15) is 48.7 Å². The molecule has 3 N–H and O–H groups in total. The van der Waals surface area contributed by atoms with E-state index in [1.807, 2.05) is 51.1 Å². The second kappa shape index (κ2) is 11.8. The van der Waals surface area contributed by atoms with E-state index in [1.165, 1.54) is 6.07 Å². The van der Waals surface area contributed by atoms with Crippen LogP contribution in [0.25, 0.3) is 0 Å². The Hall–Kier alpha value is -2.89. The predicted octanol–water partition coefficient (Wildman–Crippen LogP) is 3.65. The number of nitrogens with one attached hydrogen (secondary N) is 3. The maximum absolute atomic E-state index is 13.7. The Morgan fingerprint density at radius 1 is 1.10 bits per heavy atom. The van der Waals surface area contributed by atoms with Crippen molar-refractivity contribution >= 4 is 11.9 Å². The third-order valence-electron chi connectivity index (χ3n) is 4.59. The molecule has 0 saturated heterocycles. The van der Waals surface area contributed by atoms with Gasteiger partial charge in [-0.05, 0) is 56.0 Å². The quantitative estimate of drug-likeness (QED) is 0.446. The minimum Gasteiger partial charge on any atom is -0.357 e. The van der Waals surface area contributed by atoms with Crippen molar-refractivity contribution in [1.82, 2.24) is 16.0 Å². The maximum Gasteiger partial charge on any atom is 0.251 e. The first kappa shape index (κ1) is 22.4. The largest absolute Gasteiger partial charge is 0.357 e. The zero-order valence-corrected chi connectivity index (χ0v) is 17.5. The fourth-order valence-corrected chi connectivity index (χ4v) is 2.75. The van der Waals surface area contributed by atoms with Gasteiger partial charge in [-0.25, -0.2) is 9.38 Å². The van der Waals surface area contributed by atoms with E-state index in [1.54, 1.807) is 12.1 Å². The first-order chi connectivity index (χ1) is 14.0. The van der Waals surface area contributed by atoms with Crippen LogP contribution in [0, 0.1) is 5.82 Å². The summed E-state index contributed by atoms with van der Waals surface area (Å²) in [6.45, 7) is 7.76. The van der Waals surface area contributed by atoms with Gasteiger partial charge < -0.3 is 16.0 Å². The fraction of sp³-hybridized carbons (Fsp3) is 0.391. The van der Waals surface area contributed by atoms with E-state index in [2.05, 4.69) is 20.9 Å². The molecule has 29 heavy (non-hydrogen) atoms. The second-order valence-electron chi connectivity index (χ2n) is 6.95. The number of halogens is 1. The van der Waals surface area contributed by atoms with Gasteiger partial charge in [-0.1, -0.05) is 37.3 Å². The Morgan fingerprint density at radius 3 is 2.62 bits per heavy atom. The molecule has 0 aliphatic rings. The van der Waals surface area contributed by atoms with Gasteiger partial charge in [-0.3, -0.25) is 4.79 Å². The molecule has 2 aromatic carbocycles. The monoisotopic (exact) mass is 398 g/mol. The molecule has 2 aromatic rings. The van der Waals surface area contributed by atoms with Crippen molar-refractivity contribution in [3.63, 3.8) is 0 Å². The third kappa shape index (κ3) is 7.56. The number of carbonyl (C=O) groups excluding carboxylic acids is 1. The van der Waals surface area contributed by atoms with Crippen LogP contribution in [-0.2, 0) is 13.0 Å². The van der Waals surface area contributed by atoms with Crippen molar-refractivity contribution in [2.75, 3.05) is 13.1 Å². The standard InChI is InChI=1S/C23H31FN4O/c1-4-17(3)28-22(29)20-11-8-9-18(15-20)16-27-23(25-5-2)26-14-13-19-10-6-7-12-21(19)24/h6-12,15,17H,4-5,13-14,16H2,1-3H3,(H,28,29)(H2,25,26,27). The Bertz CT molecular complexity index is 822. The number of benzene rings is 2. The number of nitrogens with zero attached hydrogens (tertiary/aromatic N) is 1. The zero-order chi connectivity index (χ0) is 21.1. The molecule has 5 nitrogen and oxygen atoms in total. The average molecular weight is 399 g/mol. The van der Waals surface area contributed by atoms with Crippen LogP contribution < -0.4 is 16.0 Å². The van der Waals surface area contributed by atoms with Gasteiger partial charge in [0.05, 0.1) is 6.54 Å². The number of hydrogen-bond donors (Lipinski definition) is 3. The highest BCUT2D eigenvalue weighted by Crippen LogP contribution is 2.08. The van der Waals surface area contributed by atoms with Gasteiger partial charge in [0.25, 0.3) is 5.91 Å². The minimum atomic E-state index is -0.191. The summed E-state index contributed by atoms with van der Waals surface area (Å²) >= 11 is 0. The van der Waals surface area contributed by atoms with Crippen LogP contribution in [0.2, 0.25) is 0 Å². The Kier molecular flexibility index (Phi) is 9.15. The summed E-state index contributed by atoms with van der Waals surface area (Å²) in [7, 11) is 0. The number of amides is 1. The number of carbonyl (C=O) groups is 1. The molecule has 1 amide bonds. The summed E-state index contributed by atoms with van der Waals surface area (Å²) < 4.78 is 13.7. The fourth-order valence-electron chi connectivity index (χ4n) is 2.75. The molecule has 6 heteroatoms. The molecule has 1 unspecified atom stereocenters. The molecule has 156 valence electrons. The normalized spacial score (nSPS) is 12.3. The summed E-state index contributed by atoms with van der Waals surface area (Å²) in [6, 6.07) is 14.4. The molecule has 0 heterocycles. The molecule has 0 saturated carbocycles. The number of aliphatic imine (C=N–C) groups is 1. The van der Waals surface area contributed by atoms with E-state index in [0.29, 0.717) is 36.6 Å². The summed E-state index contributed by atoms with van der Waals surface area (Å²) in [4.78, 5) is 16.9. The molecular formula is C23H31FN4O. The van der Waals surface area contributed by atoms with Crippen molar-refractivity contribution in [3.05, 3.63) is 71.0 Å². The lowest BCUT2D eigenvalue weighted by atomic mass is 10.1. The lowest BCUT2D eigenvalue weighted by Crippen LogP contribution is -2.38. The molecule has 2 rings (SSSR count). The van der Waals surface area contributed by atoms with Gasteiger partial charge in [0.15, 0.2) is 5.96 Å². The molecule has 0 aliphatic carbocycles. The van der Waals surface area contributed by atoms with Crippen LogP contribution in [-0.4, -0.2) is 31.0 Å². The van der Waals surface area contributed by atoms with Gasteiger partial charge in [0.2, 0.25) is 0 Å². The van der Waals surface area contributed by atoms with E-state index in [9.17, 15) is 9.18 Å². The molecule has 0 spiro atoms. The summed E-state index contributed by atoms with van der Waals surface area (Å²) in [5, 5.41) is 9.40. The molecule has 0 bridgehead atoms. The Morgan fingerprint density at radius 2 is 1.90 bits per heavy atom. The molecule has 0 radical (unpaired) electrons. The third-order valence-corrected chi connectivity index (χ3v) is 4.59. The average Bonchev–Trinajstić information content (AvgIpc) is 2.73. The number of guanidine groups is 1. The smallest absolute Gasteiger partial charge is 0.251 e. The summed E-state index contributed by atoms with van der Waals surface area (Å²) in [5.41, 5.74) is 2.26. The van der Waals surface area contributed by atoms with Gasteiger partial charge >= 0.3 is 0 Å². The summed E-state index contributed by atoms with van der Waals surface area (Å²) in [5.74, 6) is 0.405. The molecular weight excluding hydrogens is 367 g/mol. The van der Waals surface area contributed by atoms with Crippen LogP contribution >= 0.6 is 0 Å². The first-order valence-corrected chi connectivity index (χ1v) is 10.2. The lowest BCUT2D eigenvalue weighted by molar-refractivity contribution is 0.0939. The first-order valence-electron chi connectivity index (χ1n) is 10.2. The predicted molar refractivity (Wildman–Crippen MR) is 117 cm³/mol. The zero-order valence-electron chi connectivity index (χ0n) is 17.5. The van der Waals surface area contributed by atoms with Gasteiger partial charge in [0, 0.05) is 24.7 Å². The van der Waals surface area contributed by atoms with Gasteiger partial charge in [-0.2, -0.15) is 0 Å². The number of rotatable bonds is 9. The van der Waals surface area contributed by atoms with Crippen molar-refractivity contribution in [2.24, 2.45) is 4.99 Å². The van der Waals surface area contributed by atoms with E-state index in [0.717, 1.165) is 18.5 Å².